The maximum Gasteiger partial charge on any atom is 0.344 e. The molecule has 0 atom stereocenters. The van der Waals surface area contributed by atoms with Crippen molar-refractivity contribution in [3.05, 3.63) is 118 Å². The number of hydrogen-bond donors (Lipinski definition) is 0. The van der Waals surface area contributed by atoms with Crippen LogP contribution in [0.15, 0.2) is 15.3 Å². The van der Waals surface area contributed by atoms with Gasteiger partial charge in [-0.1, -0.05) is 15.3 Å². The van der Waals surface area contributed by atoms with Crippen molar-refractivity contribution < 1.29 is 86.0 Å². The Morgan fingerprint density at radius 1 is 0.455 bits per heavy atom. The summed E-state index contributed by atoms with van der Waals surface area (Å²) in [6.07, 6.45) is 0. The molecule has 0 aliphatic heterocycles. The molecule has 0 aliphatic rings. The van der Waals surface area contributed by atoms with Crippen molar-refractivity contribution in [1.29, 1.82) is 0 Å². The first kappa shape index (κ1) is 42.5. The standard InChI is InChI=1S/C27H11F12N9O7/c1-52-2-27(3-53-24(49)6-9(28)15(34)21(43-46-40)16(35)10(6)29,4-54-25(50)7-11(30)17(36)22(44-47-41)18(37)12(7)31)5-55-26(51)8-13(32)19(38)23(45-48-42)20(39)14(8)33/h2-5H2,1H3. The van der Waals surface area contributed by atoms with Gasteiger partial charge in [0.05, 0.1) is 12.0 Å². The summed E-state index contributed by atoms with van der Waals surface area (Å²) in [5.41, 5.74) is 10.3. The fourth-order valence-corrected chi connectivity index (χ4v) is 4.22. The Morgan fingerprint density at radius 3 is 0.855 bits per heavy atom. The van der Waals surface area contributed by atoms with Crippen molar-refractivity contribution in [2.24, 2.45) is 20.8 Å². The second kappa shape index (κ2) is 17.3. The lowest BCUT2D eigenvalue weighted by atomic mass is 9.92. The number of benzene rings is 3. The molecule has 0 N–H and O–H groups in total. The molecule has 0 bridgehead atoms. The first-order valence-corrected chi connectivity index (χ1v) is 13.6. The molecule has 3 aromatic carbocycles. The van der Waals surface area contributed by atoms with Crippen LogP contribution in [-0.2, 0) is 18.9 Å². The van der Waals surface area contributed by atoms with E-state index < -0.39 is 153 Å². The molecule has 55 heavy (non-hydrogen) atoms. The Kier molecular flexibility index (Phi) is 13.4. The van der Waals surface area contributed by atoms with Gasteiger partial charge in [0.1, 0.15) is 53.6 Å². The Hall–Kier alpha value is -6.88. The van der Waals surface area contributed by atoms with Crippen LogP contribution in [0, 0.1) is 75.2 Å². The summed E-state index contributed by atoms with van der Waals surface area (Å²) in [6.45, 7) is -6.11. The minimum absolute atomic E-state index is 0.760. The Labute approximate surface area is 293 Å². The van der Waals surface area contributed by atoms with Crippen molar-refractivity contribution in [1.82, 2.24) is 0 Å². The Bertz CT molecular complexity index is 1950. The highest BCUT2D eigenvalue weighted by molar-refractivity contribution is 5.92. The highest BCUT2D eigenvalue weighted by atomic mass is 19.2. The van der Waals surface area contributed by atoms with Gasteiger partial charge in [-0.3, -0.25) is 0 Å². The number of methoxy groups -OCH3 is 1. The molecule has 16 nitrogen and oxygen atoms in total. The molecule has 0 aliphatic carbocycles. The molecule has 0 spiro atoms. The average molecular weight is 801 g/mol. The molecule has 0 fully saturated rings. The highest BCUT2D eigenvalue weighted by Crippen LogP contribution is 2.35. The predicted molar refractivity (Wildman–Crippen MR) is 150 cm³/mol. The molecule has 3 aromatic rings. The van der Waals surface area contributed by atoms with Crippen LogP contribution in [0.25, 0.3) is 31.3 Å². The van der Waals surface area contributed by atoms with Gasteiger partial charge in [0.15, 0.2) is 69.8 Å². The van der Waals surface area contributed by atoms with Gasteiger partial charge in [-0.2, -0.15) is 0 Å². The lowest BCUT2D eigenvalue weighted by Gasteiger charge is -2.31. The highest BCUT2D eigenvalue weighted by Gasteiger charge is 2.41. The van der Waals surface area contributed by atoms with Crippen molar-refractivity contribution in [3.63, 3.8) is 0 Å². The lowest BCUT2D eigenvalue weighted by Crippen LogP contribution is -2.43. The zero-order valence-electron chi connectivity index (χ0n) is 26.2. The predicted octanol–water partition coefficient (Wildman–Crippen LogP) is 8.68. The fraction of sp³-hybridized carbons (Fsp3) is 0.222. The van der Waals surface area contributed by atoms with Crippen molar-refractivity contribution in [2.45, 2.75) is 0 Å². The van der Waals surface area contributed by atoms with Crippen LogP contribution in [0.1, 0.15) is 31.1 Å². The number of hydrogen-bond acceptors (Lipinski definition) is 10. The van der Waals surface area contributed by atoms with Crippen LogP contribution in [0.2, 0.25) is 0 Å². The first-order valence-electron chi connectivity index (χ1n) is 13.6. The Morgan fingerprint density at radius 2 is 0.673 bits per heavy atom. The van der Waals surface area contributed by atoms with Crippen LogP contribution in [0.5, 0.6) is 0 Å². The van der Waals surface area contributed by atoms with E-state index in [4.69, 9.17) is 21.3 Å². The second-order valence-electron chi connectivity index (χ2n) is 10.2. The van der Waals surface area contributed by atoms with Gasteiger partial charge >= 0.3 is 17.9 Å². The number of ether oxygens (including phenoxy) is 4. The summed E-state index contributed by atoms with van der Waals surface area (Å²) in [5.74, 6) is -36.8. The Balaban J connectivity index is 2.11. The lowest BCUT2D eigenvalue weighted by molar-refractivity contribution is -0.0675. The van der Waals surface area contributed by atoms with Gasteiger partial charge in [0, 0.05) is 21.8 Å². The third-order valence-electron chi connectivity index (χ3n) is 6.75. The quantitative estimate of drug-likeness (QED) is 0.0292. The van der Waals surface area contributed by atoms with Crippen molar-refractivity contribution in [3.8, 4) is 0 Å². The van der Waals surface area contributed by atoms with E-state index in [0.717, 1.165) is 7.11 Å². The van der Waals surface area contributed by atoms with E-state index >= 15 is 0 Å². The fourth-order valence-electron chi connectivity index (χ4n) is 4.22. The maximum absolute atomic E-state index is 14.6. The maximum atomic E-state index is 14.6. The van der Waals surface area contributed by atoms with Gasteiger partial charge in [-0.15, -0.1) is 0 Å². The van der Waals surface area contributed by atoms with Crippen molar-refractivity contribution in [2.75, 3.05) is 33.5 Å². The number of carbonyl (C=O) groups is 3. The van der Waals surface area contributed by atoms with E-state index in [1.165, 1.54) is 0 Å². The molecular formula is C27H11F12N9O7. The minimum Gasteiger partial charge on any atom is -0.461 e. The third kappa shape index (κ3) is 8.21. The molecule has 0 amide bonds. The summed E-state index contributed by atoms with van der Waals surface area (Å²) >= 11 is 0. The van der Waals surface area contributed by atoms with Crippen LogP contribution in [0.3, 0.4) is 0 Å². The monoisotopic (exact) mass is 801 g/mol. The smallest absolute Gasteiger partial charge is 0.344 e. The van der Waals surface area contributed by atoms with E-state index in [-0.39, 0.29) is 0 Å². The number of azide groups is 3. The molecule has 0 unspecified atom stereocenters. The molecule has 3 rings (SSSR count). The minimum atomic E-state index is -2.70. The number of halogens is 12. The summed E-state index contributed by atoms with van der Waals surface area (Å²) in [7, 11) is 0.760. The van der Waals surface area contributed by atoms with Crippen LogP contribution < -0.4 is 0 Å². The molecule has 28 heteroatoms. The van der Waals surface area contributed by atoms with E-state index in [1.54, 1.807) is 0 Å². The van der Waals surface area contributed by atoms with Gasteiger partial charge in [-0.25, -0.2) is 67.1 Å². The average Bonchev–Trinajstić information content (AvgIpc) is 3.15. The number of carbonyl (C=O) groups excluding carboxylic acids is 3. The topological polar surface area (TPSA) is 234 Å². The largest absolute Gasteiger partial charge is 0.461 e. The number of nitrogens with zero attached hydrogens (tertiary/aromatic N) is 9. The summed E-state index contributed by atoms with van der Waals surface area (Å²) in [5, 5.41) is 7.16. The molecule has 0 saturated carbocycles. The van der Waals surface area contributed by atoms with Crippen LogP contribution in [0.4, 0.5) is 69.7 Å². The first-order chi connectivity index (χ1) is 25.9. The van der Waals surface area contributed by atoms with E-state index in [9.17, 15) is 67.1 Å². The van der Waals surface area contributed by atoms with Crippen LogP contribution >= 0.6 is 0 Å². The second-order valence-corrected chi connectivity index (χ2v) is 10.2. The third-order valence-corrected chi connectivity index (χ3v) is 6.75. The number of esters is 3. The molecule has 0 aromatic heterocycles. The molecular weight excluding hydrogens is 790 g/mol. The van der Waals surface area contributed by atoms with E-state index in [0.29, 0.717) is 0 Å². The van der Waals surface area contributed by atoms with Gasteiger partial charge < -0.3 is 18.9 Å². The van der Waals surface area contributed by atoms with Gasteiger partial charge in [-0.05, 0) is 16.6 Å². The molecule has 0 saturated heterocycles. The van der Waals surface area contributed by atoms with E-state index in [1.807, 2.05) is 14.7 Å². The van der Waals surface area contributed by atoms with Crippen molar-refractivity contribution >= 4 is 35.0 Å². The SMILES string of the molecule is COCC(COC(=O)c1c(F)c(F)c(N=[N+]=[N-])c(F)c1F)(COC(=O)c1c(F)c(F)c(N=[N+]=[N-])c(F)c1F)COC(=O)c1c(F)c(F)c(N=[N+]=[N-])c(F)c1F. The zero-order chi connectivity index (χ0) is 41.5. The summed E-state index contributed by atoms with van der Waals surface area (Å²) in [4.78, 5) is 43.9. The van der Waals surface area contributed by atoms with E-state index in [2.05, 4.69) is 29.6 Å². The van der Waals surface area contributed by atoms with Crippen LogP contribution in [-0.4, -0.2) is 51.4 Å². The normalized spacial score (nSPS) is 11.7. The summed E-state index contributed by atoms with van der Waals surface area (Å²) < 4.78 is 192. The summed E-state index contributed by atoms with van der Waals surface area (Å²) in [6, 6.07) is 0. The zero-order valence-corrected chi connectivity index (χ0v) is 26.2. The van der Waals surface area contributed by atoms with Gasteiger partial charge in [0.2, 0.25) is 0 Å². The molecule has 290 valence electrons. The van der Waals surface area contributed by atoms with Gasteiger partial charge in [0.25, 0.3) is 0 Å². The molecule has 0 heterocycles. The molecule has 0 radical (unpaired) electrons. The number of rotatable bonds is 14.